The summed E-state index contributed by atoms with van der Waals surface area (Å²) in [5, 5.41) is 10.8. The summed E-state index contributed by atoms with van der Waals surface area (Å²) in [6.07, 6.45) is 3.35. The van der Waals surface area contributed by atoms with Crippen molar-refractivity contribution in [3.05, 3.63) is 87.5 Å². The third-order valence-corrected chi connectivity index (χ3v) is 9.05. The minimum atomic E-state index is -1.07. The Kier molecular flexibility index (Phi) is 7.81. The Morgan fingerprint density at radius 3 is 2.64 bits per heavy atom. The van der Waals surface area contributed by atoms with Crippen LogP contribution in [0.1, 0.15) is 44.4 Å². The molecule has 2 aliphatic rings. The predicted octanol–water partition coefficient (Wildman–Crippen LogP) is 6.50. The number of ether oxygens (including phenoxy) is 1. The Hall–Kier alpha value is -4.44. The summed E-state index contributed by atoms with van der Waals surface area (Å²) < 4.78 is 40.9. The molecule has 4 heterocycles. The van der Waals surface area contributed by atoms with Gasteiger partial charge < -0.3 is 19.6 Å². The first kappa shape index (κ1) is 30.6. The van der Waals surface area contributed by atoms with Crippen LogP contribution in [-0.4, -0.2) is 57.2 Å². The number of nitrogens with zero attached hydrogens (tertiary/aromatic N) is 4. The van der Waals surface area contributed by atoms with Gasteiger partial charge in [-0.1, -0.05) is 38.1 Å². The lowest BCUT2D eigenvalue weighted by molar-refractivity contribution is -0.128. The molecule has 1 fully saturated rings. The molecule has 234 valence electrons. The molecule has 2 aromatic heterocycles. The van der Waals surface area contributed by atoms with Gasteiger partial charge in [0, 0.05) is 42.7 Å². The minimum absolute atomic E-state index is 0.0363. The van der Waals surface area contributed by atoms with Gasteiger partial charge in [0.1, 0.15) is 11.6 Å². The summed E-state index contributed by atoms with van der Waals surface area (Å²) in [7, 11) is 0. The molecule has 0 saturated carbocycles. The van der Waals surface area contributed by atoms with Crippen molar-refractivity contribution >= 4 is 34.1 Å². The van der Waals surface area contributed by atoms with Gasteiger partial charge in [-0.25, -0.2) is 8.78 Å². The summed E-state index contributed by atoms with van der Waals surface area (Å²) in [4.78, 5) is 35.5. The van der Waals surface area contributed by atoms with Gasteiger partial charge in [0.15, 0.2) is 5.82 Å². The second kappa shape index (κ2) is 11.5. The molecule has 11 heteroatoms. The normalized spacial score (nSPS) is 18.0. The number of aromatic hydroxyl groups is 1. The van der Waals surface area contributed by atoms with Crippen LogP contribution < -0.4 is 15.2 Å². The molecule has 6 rings (SSSR count). The van der Waals surface area contributed by atoms with E-state index in [-0.39, 0.29) is 63.4 Å². The number of phenolic OH excluding ortho intramolecular Hbond substituents is 1. The first-order chi connectivity index (χ1) is 21.5. The fourth-order valence-corrected chi connectivity index (χ4v) is 6.88. The van der Waals surface area contributed by atoms with E-state index in [0.717, 1.165) is 0 Å². The number of aryl methyl sites for hydroxylation is 1. The number of rotatable bonds is 4. The molecular weight excluding hydrogens is 602 g/mol. The average Bonchev–Trinajstić information content (AvgIpc) is 3.18. The van der Waals surface area contributed by atoms with Crippen LogP contribution in [0, 0.1) is 18.6 Å². The van der Waals surface area contributed by atoms with Gasteiger partial charge in [-0.3, -0.25) is 19.1 Å². The highest BCUT2D eigenvalue weighted by Crippen LogP contribution is 2.46. The van der Waals surface area contributed by atoms with Crippen molar-refractivity contribution in [2.45, 2.75) is 52.1 Å². The van der Waals surface area contributed by atoms with E-state index in [1.807, 2.05) is 25.7 Å². The zero-order chi connectivity index (χ0) is 32.3. The third kappa shape index (κ3) is 4.82. The van der Waals surface area contributed by atoms with Gasteiger partial charge in [-0.05, 0) is 55.7 Å². The van der Waals surface area contributed by atoms with Gasteiger partial charge in [0.05, 0.1) is 45.8 Å². The molecule has 45 heavy (non-hydrogen) atoms. The highest BCUT2D eigenvalue weighted by atomic mass is 35.5. The third-order valence-electron chi connectivity index (χ3n) is 8.73. The molecule has 1 saturated heterocycles. The fraction of sp³-hybridized carbons (Fsp3) is 0.324. The molecule has 0 spiro atoms. The van der Waals surface area contributed by atoms with Crippen LogP contribution in [0.4, 0.5) is 14.5 Å². The highest BCUT2D eigenvalue weighted by molar-refractivity contribution is 6.33. The van der Waals surface area contributed by atoms with E-state index in [1.165, 1.54) is 34.9 Å². The summed E-state index contributed by atoms with van der Waals surface area (Å²) in [5.74, 6) is -2.87. The Morgan fingerprint density at radius 2 is 1.96 bits per heavy atom. The number of aromatic nitrogens is 2. The van der Waals surface area contributed by atoms with E-state index >= 15 is 8.78 Å². The van der Waals surface area contributed by atoms with Crippen molar-refractivity contribution in [1.82, 2.24) is 14.5 Å². The van der Waals surface area contributed by atoms with Crippen molar-refractivity contribution in [2.75, 3.05) is 24.6 Å². The number of fused-ring (bicyclic) bond motifs is 5. The molecule has 2 unspecified atom stereocenters. The number of hydrogen-bond donors (Lipinski definition) is 1. The molecule has 0 bridgehead atoms. The van der Waals surface area contributed by atoms with Crippen molar-refractivity contribution in [3.8, 4) is 28.3 Å². The zero-order valence-electron chi connectivity index (χ0n) is 25.4. The zero-order valence-corrected chi connectivity index (χ0v) is 26.2. The smallest absolute Gasteiger partial charge is 0.300 e. The van der Waals surface area contributed by atoms with Crippen LogP contribution in [0.5, 0.6) is 11.5 Å². The lowest BCUT2D eigenvalue weighted by Crippen LogP contribution is -2.59. The van der Waals surface area contributed by atoms with E-state index in [4.69, 9.17) is 16.3 Å². The highest BCUT2D eigenvalue weighted by Gasteiger charge is 2.40. The number of piperazine rings is 1. The molecule has 2 aromatic carbocycles. The molecule has 4 aromatic rings. The number of pyridine rings is 2. The number of benzene rings is 2. The van der Waals surface area contributed by atoms with Gasteiger partial charge in [-0.2, -0.15) is 0 Å². The quantitative estimate of drug-likeness (QED) is 0.258. The van der Waals surface area contributed by atoms with Gasteiger partial charge >= 0.3 is 0 Å². The Balaban J connectivity index is 1.76. The summed E-state index contributed by atoms with van der Waals surface area (Å²) in [5.41, 5.74) is 0.196. The Morgan fingerprint density at radius 1 is 1.20 bits per heavy atom. The average molecular weight is 635 g/mol. The molecule has 2 aliphatic heterocycles. The first-order valence-corrected chi connectivity index (χ1v) is 15.2. The van der Waals surface area contributed by atoms with Crippen LogP contribution in [-0.2, 0) is 4.79 Å². The SMILES string of the molecule is C=CC(=O)N1CC2CCOc3c(c4cc(F)c(-c5c(O)cccc5Cl)c(F)c4n(-c4c(C)ccnc4C(C)C)c3=O)N2CC1C. The lowest BCUT2D eigenvalue weighted by atomic mass is 9.97. The van der Waals surface area contributed by atoms with Gasteiger partial charge in [-0.15, -0.1) is 0 Å². The number of carbonyl (C=O) groups is 1. The molecule has 8 nitrogen and oxygen atoms in total. The summed E-state index contributed by atoms with van der Waals surface area (Å²) >= 11 is 6.40. The fourth-order valence-electron chi connectivity index (χ4n) is 6.62. The molecule has 1 amide bonds. The minimum Gasteiger partial charge on any atom is -0.507 e. The summed E-state index contributed by atoms with van der Waals surface area (Å²) in [6, 6.07) is 6.49. The second-order valence-corrected chi connectivity index (χ2v) is 12.3. The maximum Gasteiger partial charge on any atom is 0.300 e. The summed E-state index contributed by atoms with van der Waals surface area (Å²) in [6.45, 7) is 11.9. The van der Waals surface area contributed by atoms with Crippen molar-refractivity contribution < 1.29 is 23.4 Å². The van der Waals surface area contributed by atoms with Crippen LogP contribution >= 0.6 is 11.6 Å². The maximum absolute atomic E-state index is 17.2. The van der Waals surface area contributed by atoms with E-state index in [9.17, 15) is 14.7 Å². The number of hydrogen-bond acceptors (Lipinski definition) is 6. The van der Waals surface area contributed by atoms with Crippen molar-refractivity contribution in [1.29, 1.82) is 0 Å². The molecule has 0 aliphatic carbocycles. The Labute approximate surface area is 264 Å². The van der Waals surface area contributed by atoms with Gasteiger partial charge in [0.25, 0.3) is 5.56 Å². The topological polar surface area (TPSA) is 87.9 Å². The number of carbonyl (C=O) groups excluding carboxylic acids is 1. The van der Waals surface area contributed by atoms with Crippen LogP contribution in [0.2, 0.25) is 5.02 Å². The lowest BCUT2D eigenvalue weighted by Gasteiger charge is -2.45. The van der Waals surface area contributed by atoms with E-state index in [0.29, 0.717) is 36.5 Å². The Bertz CT molecular complexity index is 1920. The molecule has 1 N–H and O–H groups in total. The monoisotopic (exact) mass is 634 g/mol. The molecular formula is C34H33ClF2N4O4. The predicted molar refractivity (Wildman–Crippen MR) is 171 cm³/mol. The number of halogens is 3. The van der Waals surface area contributed by atoms with E-state index in [1.54, 1.807) is 24.1 Å². The number of anilines is 1. The van der Waals surface area contributed by atoms with E-state index in [2.05, 4.69) is 11.6 Å². The largest absolute Gasteiger partial charge is 0.507 e. The standard InChI is InChI=1S/C34H33ClF2N4O4/c1-6-25(43)39-16-20-11-13-45-33-32(40(20)15-19(39)5)21-14-23(36)27(26-22(35)8-7-9-24(26)42)28(37)31(21)41(34(33)44)30-18(4)10-12-38-29(30)17(2)3/h6-10,12,14,17,19-20,42H,1,11,13,15-16H2,2-5H3. The van der Waals surface area contributed by atoms with Crippen molar-refractivity contribution in [3.63, 3.8) is 0 Å². The first-order valence-electron chi connectivity index (χ1n) is 14.8. The van der Waals surface area contributed by atoms with Crippen LogP contribution in [0.15, 0.2) is 54.0 Å². The molecule has 2 atom stereocenters. The maximum atomic E-state index is 17.2. The van der Waals surface area contributed by atoms with Crippen LogP contribution in [0.3, 0.4) is 0 Å². The van der Waals surface area contributed by atoms with Gasteiger partial charge in [0.2, 0.25) is 11.7 Å². The molecule has 0 radical (unpaired) electrons. The second-order valence-electron chi connectivity index (χ2n) is 11.9. The van der Waals surface area contributed by atoms with E-state index < -0.39 is 28.5 Å². The number of amides is 1. The van der Waals surface area contributed by atoms with Crippen molar-refractivity contribution in [2.24, 2.45) is 0 Å². The van der Waals surface area contributed by atoms with Crippen LogP contribution in [0.25, 0.3) is 27.7 Å². The number of phenols is 1.